The Bertz CT molecular complexity index is 668. The highest BCUT2D eigenvalue weighted by Crippen LogP contribution is 2.31. The van der Waals surface area contributed by atoms with E-state index in [4.69, 9.17) is 5.73 Å². The number of aryl methyl sites for hydroxylation is 1. The van der Waals surface area contributed by atoms with E-state index >= 15 is 0 Å². The number of rotatable bonds is 1. The molecule has 17 heavy (non-hydrogen) atoms. The van der Waals surface area contributed by atoms with E-state index in [9.17, 15) is 0 Å². The number of hydrogen-bond acceptors (Lipinski definition) is 4. The highest BCUT2D eigenvalue weighted by atomic mass is 32.1. The molecular weight excluding hydrogens is 230 g/mol. The molecule has 0 atom stereocenters. The number of anilines is 1. The molecule has 1 aromatic carbocycles. The van der Waals surface area contributed by atoms with Crippen molar-refractivity contribution in [2.24, 2.45) is 0 Å². The predicted molar refractivity (Wildman–Crippen MR) is 72.0 cm³/mol. The fraction of sp³-hybridized carbons (Fsp3) is 0.0769. The molecule has 0 aliphatic rings. The number of aromatic nitrogens is 2. The highest BCUT2D eigenvalue weighted by molar-refractivity contribution is 7.17. The molecule has 0 aliphatic heterocycles. The Morgan fingerprint density at radius 2 is 2.06 bits per heavy atom. The normalized spacial score (nSPS) is 10.9. The standard InChI is InChI=1S/C13H11N3S/c1-8-7-11(16-13(14)15-8)10-4-2-3-9-5-6-17-12(9)10/h2-7H,1H3,(H2,14,15,16). The van der Waals surface area contributed by atoms with Crippen LogP contribution in [0.3, 0.4) is 0 Å². The fourth-order valence-electron chi connectivity index (χ4n) is 1.92. The van der Waals surface area contributed by atoms with Crippen molar-refractivity contribution in [3.05, 3.63) is 41.4 Å². The Balaban J connectivity index is 2.30. The van der Waals surface area contributed by atoms with E-state index in [0.717, 1.165) is 17.0 Å². The molecule has 0 unspecified atom stereocenters. The predicted octanol–water partition coefficient (Wildman–Crippen LogP) is 3.25. The molecular formula is C13H11N3S. The lowest BCUT2D eigenvalue weighted by Gasteiger charge is -2.04. The van der Waals surface area contributed by atoms with Gasteiger partial charge in [0.25, 0.3) is 0 Å². The van der Waals surface area contributed by atoms with Gasteiger partial charge in [-0.1, -0.05) is 18.2 Å². The quantitative estimate of drug-likeness (QED) is 0.711. The molecule has 84 valence electrons. The molecule has 0 saturated heterocycles. The summed E-state index contributed by atoms with van der Waals surface area (Å²) in [7, 11) is 0. The minimum Gasteiger partial charge on any atom is -0.368 e. The Hall–Kier alpha value is -1.94. The van der Waals surface area contributed by atoms with Gasteiger partial charge in [0.1, 0.15) is 0 Å². The van der Waals surface area contributed by atoms with Crippen LogP contribution >= 0.6 is 11.3 Å². The minimum atomic E-state index is 0.327. The van der Waals surface area contributed by atoms with Crippen LogP contribution in [-0.4, -0.2) is 9.97 Å². The average Bonchev–Trinajstić information content (AvgIpc) is 2.75. The summed E-state index contributed by atoms with van der Waals surface area (Å²) < 4.78 is 1.24. The zero-order chi connectivity index (χ0) is 11.8. The summed E-state index contributed by atoms with van der Waals surface area (Å²) in [5.41, 5.74) is 8.60. The van der Waals surface area contributed by atoms with Gasteiger partial charge in [-0.25, -0.2) is 9.97 Å². The van der Waals surface area contributed by atoms with Gasteiger partial charge in [0.2, 0.25) is 5.95 Å². The first-order valence-electron chi connectivity index (χ1n) is 5.32. The van der Waals surface area contributed by atoms with E-state index in [-0.39, 0.29) is 0 Å². The Morgan fingerprint density at radius 3 is 2.88 bits per heavy atom. The first-order valence-corrected chi connectivity index (χ1v) is 6.20. The van der Waals surface area contributed by atoms with Gasteiger partial charge in [0.05, 0.1) is 5.69 Å². The van der Waals surface area contributed by atoms with Gasteiger partial charge in [-0.15, -0.1) is 11.3 Å². The van der Waals surface area contributed by atoms with Crippen molar-refractivity contribution in [2.45, 2.75) is 6.92 Å². The molecule has 0 radical (unpaired) electrons. The van der Waals surface area contributed by atoms with Gasteiger partial charge in [-0.3, -0.25) is 0 Å². The lowest BCUT2D eigenvalue weighted by Crippen LogP contribution is -1.98. The summed E-state index contributed by atoms with van der Waals surface area (Å²) >= 11 is 1.72. The maximum Gasteiger partial charge on any atom is 0.220 e. The minimum absolute atomic E-state index is 0.327. The molecule has 3 aromatic rings. The van der Waals surface area contributed by atoms with E-state index in [1.165, 1.54) is 10.1 Å². The van der Waals surface area contributed by atoms with Crippen molar-refractivity contribution in [3.8, 4) is 11.3 Å². The van der Waals surface area contributed by atoms with Crippen LogP contribution in [0.15, 0.2) is 35.7 Å². The summed E-state index contributed by atoms with van der Waals surface area (Å²) in [6.45, 7) is 1.93. The van der Waals surface area contributed by atoms with Crippen LogP contribution in [0.4, 0.5) is 5.95 Å². The van der Waals surface area contributed by atoms with E-state index in [2.05, 4.69) is 33.5 Å². The summed E-state index contributed by atoms with van der Waals surface area (Å²) in [4.78, 5) is 8.40. The van der Waals surface area contributed by atoms with Crippen molar-refractivity contribution in [1.29, 1.82) is 0 Å². The third-order valence-corrected chi connectivity index (χ3v) is 3.59. The van der Waals surface area contributed by atoms with Crippen molar-refractivity contribution < 1.29 is 0 Å². The fourth-order valence-corrected chi connectivity index (χ4v) is 2.85. The second-order valence-electron chi connectivity index (χ2n) is 3.90. The molecule has 2 N–H and O–H groups in total. The van der Waals surface area contributed by atoms with Crippen LogP contribution < -0.4 is 5.73 Å². The zero-order valence-corrected chi connectivity index (χ0v) is 10.2. The lowest BCUT2D eigenvalue weighted by atomic mass is 10.1. The molecule has 3 nitrogen and oxygen atoms in total. The largest absolute Gasteiger partial charge is 0.368 e. The van der Waals surface area contributed by atoms with Crippen molar-refractivity contribution in [3.63, 3.8) is 0 Å². The topological polar surface area (TPSA) is 51.8 Å². The zero-order valence-electron chi connectivity index (χ0n) is 9.34. The van der Waals surface area contributed by atoms with Crippen LogP contribution in [0.2, 0.25) is 0 Å². The first kappa shape index (κ1) is 10.2. The molecule has 0 spiro atoms. The molecule has 2 aromatic heterocycles. The first-order chi connectivity index (χ1) is 8.24. The van der Waals surface area contributed by atoms with Crippen molar-refractivity contribution in [2.75, 3.05) is 5.73 Å². The molecule has 0 fully saturated rings. The van der Waals surface area contributed by atoms with Crippen molar-refractivity contribution in [1.82, 2.24) is 9.97 Å². The van der Waals surface area contributed by atoms with Crippen LogP contribution in [-0.2, 0) is 0 Å². The van der Waals surface area contributed by atoms with E-state index in [0.29, 0.717) is 5.95 Å². The number of hydrogen-bond donors (Lipinski definition) is 1. The summed E-state index contributed by atoms with van der Waals surface area (Å²) in [5, 5.41) is 3.33. The number of fused-ring (bicyclic) bond motifs is 1. The molecule has 0 saturated carbocycles. The highest BCUT2D eigenvalue weighted by Gasteiger charge is 2.07. The second kappa shape index (κ2) is 3.82. The van der Waals surface area contributed by atoms with Crippen molar-refractivity contribution >= 4 is 27.4 Å². The maximum absolute atomic E-state index is 5.70. The van der Waals surface area contributed by atoms with Gasteiger partial charge >= 0.3 is 0 Å². The van der Waals surface area contributed by atoms with Gasteiger partial charge in [0, 0.05) is 16.0 Å². The summed E-state index contributed by atoms with van der Waals surface area (Å²) in [6.07, 6.45) is 0. The van der Waals surface area contributed by atoms with Crippen LogP contribution in [0.1, 0.15) is 5.69 Å². The molecule has 3 rings (SSSR count). The third kappa shape index (κ3) is 1.76. The molecule has 0 aliphatic carbocycles. The second-order valence-corrected chi connectivity index (χ2v) is 4.81. The molecule has 4 heteroatoms. The summed E-state index contributed by atoms with van der Waals surface area (Å²) in [5.74, 6) is 0.327. The van der Waals surface area contributed by atoms with Crippen LogP contribution in [0, 0.1) is 6.92 Å². The van der Waals surface area contributed by atoms with Crippen LogP contribution in [0.25, 0.3) is 21.3 Å². The van der Waals surface area contributed by atoms with Crippen LogP contribution in [0.5, 0.6) is 0 Å². The molecule has 0 bridgehead atoms. The smallest absolute Gasteiger partial charge is 0.220 e. The van der Waals surface area contributed by atoms with E-state index in [1.807, 2.05) is 19.1 Å². The number of benzene rings is 1. The van der Waals surface area contributed by atoms with Gasteiger partial charge in [-0.2, -0.15) is 0 Å². The Kier molecular flexibility index (Phi) is 2.30. The van der Waals surface area contributed by atoms with Gasteiger partial charge in [0.15, 0.2) is 0 Å². The lowest BCUT2D eigenvalue weighted by molar-refractivity contribution is 1.12. The van der Waals surface area contributed by atoms with Gasteiger partial charge < -0.3 is 5.73 Å². The monoisotopic (exact) mass is 241 g/mol. The van der Waals surface area contributed by atoms with E-state index in [1.54, 1.807) is 11.3 Å². The number of nitrogen functional groups attached to an aromatic ring is 1. The number of nitrogens with zero attached hydrogens (tertiary/aromatic N) is 2. The van der Waals surface area contributed by atoms with Gasteiger partial charge in [-0.05, 0) is 29.8 Å². The Labute approximate surface area is 103 Å². The number of nitrogens with two attached hydrogens (primary N) is 1. The molecule has 0 amide bonds. The summed E-state index contributed by atoms with van der Waals surface area (Å²) in [6, 6.07) is 10.3. The Morgan fingerprint density at radius 1 is 1.18 bits per heavy atom. The third-order valence-electron chi connectivity index (χ3n) is 2.63. The SMILES string of the molecule is Cc1cc(-c2cccc3ccsc23)nc(N)n1. The molecule has 2 heterocycles. The average molecular weight is 241 g/mol. The number of thiophene rings is 1. The van der Waals surface area contributed by atoms with E-state index < -0.39 is 0 Å². The maximum atomic E-state index is 5.70.